The maximum absolute atomic E-state index is 13.0. The van der Waals surface area contributed by atoms with Crippen LogP contribution in [-0.2, 0) is 11.3 Å². The molecule has 0 aliphatic rings. The highest BCUT2D eigenvalue weighted by atomic mass is 16.4. The summed E-state index contributed by atoms with van der Waals surface area (Å²) in [5.41, 5.74) is 1.81. The van der Waals surface area contributed by atoms with Gasteiger partial charge in [-0.1, -0.05) is 36.4 Å². The molecular weight excluding hydrogens is 344 g/mol. The number of hydrogen-bond acceptors (Lipinski definition) is 3. The summed E-state index contributed by atoms with van der Waals surface area (Å²) in [6.07, 6.45) is 0.363. The fraction of sp³-hybridized carbons (Fsp3) is 0.286. The summed E-state index contributed by atoms with van der Waals surface area (Å²) >= 11 is 0. The van der Waals surface area contributed by atoms with E-state index in [4.69, 9.17) is 5.11 Å². The van der Waals surface area contributed by atoms with Gasteiger partial charge in [0.05, 0.1) is 0 Å². The predicted molar refractivity (Wildman–Crippen MR) is 103 cm³/mol. The van der Waals surface area contributed by atoms with E-state index in [1.54, 1.807) is 43.3 Å². The Kier molecular flexibility index (Phi) is 7.11. The van der Waals surface area contributed by atoms with Crippen LogP contribution in [0.2, 0.25) is 0 Å². The van der Waals surface area contributed by atoms with Crippen molar-refractivity contribution in [1.29, 1.82) is 0 Å². The second-order valence-electron chi connectivity index (χ2n) is 6.49. The minimum atomic E-state index is -0.888. The SMILES string of the molecule is CN(C)C(=O)c1cccc(C(=O)N(CCCC(=O)O)Cc2ccccc2)c1. The first-order valence-electron chi connectivity index (χ1n) is 8.75. The van der Waals surface area contributed by atoms with Crippen LogP contribution in [0.4, 0.5) is 0 Å². The first-order valence-corrected chi connectivity index (χ1v) is 8.75. The lowest BCUT2D eigenvalue weighted by Crippen LogP contribution is -2.32. The van der Waals surface area contributed by atoms with Gasteiger partial charge in [0.2, 0.25) is 0 Å². The molecule has 0 aromatic heterocycles. The van der Waals surface area contributed by atoms with E-state index in [0.29, 0.717) is 30.6 Å². The minimum absolute atomic E-state index is 0.00226. The quantitative estimate of drug-likeness (QED) is 0.777. The number of carbonyl (C=O) groups excluding carboxylic acids is 2. The molecule has 0 unspecified atom stereocenters. The summed E-state index contributed by atoms with van der Waals surface area (Å²) in [6.45, 7) is 0.705. The summed E-state index contributed by atoms with van der Waals surface area (Å²) in [7, 11) is 3.31. The molecule has 0 spiro atoms. The van der Waals surface area contributed by atoms with E-state index in [-0.39, 0.29) is 18.2 Å². The molecule has 0 aliphatic heterocycles. The molecular formula is C21H24N2O4. The normalized spacial score (nSPS) is 10.3. The fourth-order valence-corrected chi connectivity index (χ4v) is 2.70. The molecule has 2 amide bonds. The van der Waals surface area contributed by atoms with Crippen molar-refractivity contribution in [1.82, 2.24) is 9.80 Å². The summed E-state index contributed by atoms with van der Waals surface area (Å²) in [5, 5.41) is 8.88. The minimum Gasteiger partial charge on any atom is -0.481 e. The number of amides is 2. The second-order valence-corrected chi connectivity index (χ2v) is 6.49. The van der Waals surface area contributed by atoms with Crippen molar-refractivity contribution in [3.05, 3.63) is 71.3 Å². The summed E-state index contributed by atoms with van der Waals surface area (Å²) in [4.78, 5) is 39.1. The molecule has 0 aliphatic carbocycles. The Morgan fingerprint density at radius 3 is 2.11 bits per heavy atom. The highest BCUT2D eigenvalue weighted by Crippen LogP contribution is 2.14. The van der Waals surface area contributed by atoms with Gasteiger partial charge in [-0.05, 0) is 30.2 Å². The van der Waals surface area contributed by atoms with Crippen molar-refractivity contribution in [2.75, 3.05) is 20.6 Å². The summed E-state index contributed by atoms with van der Waals surface area (Å²) in [6, 6.07) is 16.1. The Bertz CT molecular complexity index is 803. The maximum Gasteiger partial charge on any atom is 0.303 e. The Labute approximate surface area is 159 Å². The van der Waals surface area contributed by atoms with Crippen molar-refractivity contribution >= 4 is 17.8 Å². The standard InChI is InChI=1S/C21H24N2O4/c1-22(2)20(26)17-10-6-11-18(14-17)21(27)23(13-7-12-19(24)25)15-16-8-4-3-5-9-16/h3-6,8-11,14H,7,12-13,15H2,1-2H3,(H,24,25). The highest BCUT2D eigenvalue weighted by molar-refractivity contribution is 5.99. The lowest BCUT2D eigenvalue weighted by Gasteiger charge is -2.23. The Morgan fingerprint density at radius 2 is 1.52 bits per heavy atom. The van der Waals surface area contributed by atoms with E-state index in [1.807, 2.05) is 30.3 Å². The van der Waals surface area contributed by atoms with Crippen LogP contribution in [0.1, 0.15) is 39.1 Å². The molecule has 0 fully saturated rings. The van der Waals surface area contributed by atoms with Crippen molar-refractivity contribution < 1.29 is 19.5 Å². The number of aliphatic carboxylic acids is 1. The van der Waals surface area contributed by atoms with Gasteiger partial charge in [0.25, 0.3) is 11.8 Å². The molecule has 142 valence electrons. The number of carboxylic acid groups (broad SMARTS) is 1. The van der Waals surface area contributed by atoms with E-state index in [0.717, 1.165) is 5.56 Å². The van der Waals surface area contributed by atoms with Crippen LogP contribution >= 0.6 is 0 Å². The average Bonchev–Trinajstić information content (AvgIpc) is 2.66. The molecule has 0 bridgehead atoms. The van der Waals surface area contributed by atoms with Crippen LogP contribution in [-0.4, -0.2) is 53.3 Å². The largest absolute Gasteiger partial charge is 0.481 e. The van der Waals surface area contributed by atoms with Crippen LogP contribution in [0, 0.1) is 0 Å². The third-order valence-corrected chi connectivity index (χ3v) is 4.08. The molecule has 6 nitrogen and oxygen atoms in total. The average molecular weight is 368 g/mol. The molecule has 0 radical (unpaired) electrons. The third-order valence-electron chi connectivity index (χ3n) is 4.08. The number of carbonyl (C=O) groups is 3. The Hall–Kier alpha value is -3.15. The number of benzene rings is 2. The number of hydrogen-bond donors (Lipinski definition) is 1. The first-order chi connectivity index (χ1) is 12.9. The van der Waals surface area contributed by atoms with Crippen LogP contribution in [0.25, 0.3) is 0 Å². The number of rotatable bonds is 8. The summed E-state index contributed by atoms with van der Waals surface area (Å²) in [5.74, 6) is -1.29. The second kappa shape index (κ2) is 9.52. The van der Waals surface area contributed by atoms with Gasteiger partial charge in [-0.25, -0.2) is 0 Å². The zero-order valence-corrected chi connectivity index (χ0v) is 15.6. The van der Waals surface area contributed by atoms with Gasteiger partial charge in [-0.3, -0.25) is 14.4 Å². The zero-order valence-electron chi connectivity index (χ0n) is 15.6. The highest BCUT2D eigenvalue weighted by Gasteiger charge is 2.18. The van der Waals surface area contributed by atoms with Gasteiger partial charge in [0, 0.05) is 44.7 Å². The first kappa shape index (κ1) is 20.2. The van der Waals surface area contributed by atoms with E-state index in [2.05, 4.69) is 0 Å². The molecule has 2 aromatic rings. The molecule has 2 rings (SSSR count). The molecule has 0 saturated heterocycles. The van der Waals surface area contributed by atoms with Crippen LogP contribution in [0.15, 0.2) is 54.6 Å². The van der Waals surface area contributed by atoms with Crippen molar-refractivity contribution in [2.24, 2.45) is 0 Å². The van der Waals surface area contributed by atoms with Crippen molar-refractivity contribution in [2.45, 2.75) is 19.4 Å². The van der Waals surface area contributed by atoms with Crippen LogP contribution in [0.3, 0.4) is 0 Å². The van der Waals surface area contributed by atoms with Gasteiger partial charge in [0.1, 0.15) is 0 Å². The lowest BCUT2D eigenvalue weighted by atomic mass is 10.1. The smallest absolute Gasteiger partial charge is 0.303 e. The van der Waals surface area contributed by atoms with Gasteiger partial charge in [0.15, 0.2) is 0 Å². The third kappa shape index (κ3) is 5.95. The lowest BCUT2D eigenvalue weighted by molar-refractivity contribution is -0.137. The van der Waals surface area contributed by atoms with Gasteiger partial charge >= 0.3 is 5.97 Å². The van der Waals surface area contributed by atoms with Crippen molar-refractivity contribution in [3.63, 3.8) is 0 Å². The van der Waals surface area contributed by atoms with Gasteiger partial charge < -0.3 is 14.9 Å². The van der Waals surface area contributed by atoms with Crippen molar-refractivity contribution in [3.8, 4) is 0 Å². The van der Waals surface area contributed by atoms with Gasteiger partial charge in [-0.2, -0.15) is 0 Å². The number of nitrogens with zero attached hydrogens (tertiary/aromatic N) is 2. The van der Waals surface area contributed by atoms with E-state index < -0.39 is 5.97 Å². The Balaban J connectivity index is 2.22. The monoisotopic (exact) mass is 368 g/mol. The van der Waals surface area contributed by atoms with Gasteiger partial charge in [-0.15, -0.1) is 0 Å². The Morgan fingerprint density at radius 1 is 0.889 bits per heavy atom. The van der Waals surface area contributed by atoms with Crippen LogP contribution < -0.4 is 0 Å². The predicted octanol–water partition coefficient (Wildman–Crippen LogP) is 2.90. The molecule has 0 atom stereocenters. The molecule has 0 heterocycles. The molecule has 27 heavy (non-hydrogen) atoms. The molecule has 6 heteroatoms. The molecule has 2 aromatic carbocycles. The summed E-state index contributed by atoms with van der Waals surface area (Å²) < 4.78 is 0. The van der Waals surface area contributed by atoms with E-state index in [1.165, 1.54) is 4.90 Å². The topological polar surface area (TPSA) is 77.9 Å². The zero-order chi connectivity index (χ0) is 19.8. The van der Waals surface area contributed by atoms with E-state index >= 15 is 0 Å². The number of carboxylic acids is 1. The maximum atomic E-state index is 13.0. The van der Waals surface area contributed by atoms with Crippen LogP contribution in [0.5, 0.6) is 0 Å². The van der Waals surface area contributed by atoms with E-state index in [9.17, 15) is 14.4 Å². The fourth-order valence-electron chi connectivity index (χ4n) is 2.70. The molecule has 0 saturated carbocycles. The molecule has 1 N–H and O–H groups in total.